The molecular weight excluding hydrogens is 268 g/mol. The molecule has 2 aromatic carbocycles. The Bertz CT molecular complexity index is 561. The maximum atomic E-state index is 5.94. The lowest BCUT2D eigenvalue weighted by Crippen LogP contribution is -2.10. The van der Waals surface area contributed by atoms with Gasteiger partial charge >= 0.3 is 0 Å². The lowest BCUT2D eigenvalue weighted by Gasteiger charge is -2.22. The van der Waals surface area contributed by atoms with Crippen LogP contribution in [-0.4, -0.2) is 0 Å². The minimum atomic E-state index is 0.559. The first-order valence-electron chi connectivity index (χ1n) is 8.43. The Morgan fingerprint density at radius 2 is 1.50 bits per heavy atom. The fourth-order valence-electron chi connectivity index (χ4n) is 2.84. The second-order valence-electron chi connectivity index (χ2n) is 6.49. The Balaban J connectivity index is 2.04. The van der Waals surface area contributed by atoms with E-state index >= 15 is 0 Å². The summed E-state index contributed by atoms with van der Waals surface area (Å²) in [6.45, 7) is 9.32. The summed E-state index contributed by atoms with van der Waals surface area (Å²) in [7, 11) is 0. The summed E-state index contributed by atoms with van der Waals surface area (Å²) in [6, 6.07) is 18.5. The highest BCUT2D eigenvalue weighted by Crippen LogP contribution is 2.31. The van der Waals surface area contributed by atoms with E-state index in [2.05, 4.69) is 45.9 Å². The van der Waals surface area contributed by atoms with Gasteiger partial charge in [0.25, 0.3) is 0 Å². The molecule has 0 aliphatic heterocycles. The van der Waals surface area contributed by atoms with Crippen LogP contribution in [0.5, 0.6) is 11.5 Å². The average molecular weight is 296 g/mol. The molecule has 0 aromatic heterocycles. The van der Waals surface area contributed by atoms with Crippen molar-refractivity contribution in [2.45, 2.75) is 46.5 Å². The van der Waals surface area contributed by atoms with Crippen LogP contribution in [0, 0.1) is 11.8 Å². The fourth-order valence-corrected chi connectivity index (χ4v) is 2.84. The average Bonchev–Trinajstić information content (AvgIpc) is 2.55. The Morgan fingerprint density at radius 3 is 2.18 bits per heavy atom. The van der Waals surface area contributed by atoms with Gasteiger partial charge in [-0.2, -0.15) is 0 Å². The number of para-hydroxylation sites is 1. The Kier molecular flexibility index (Phi) is 6.06. The molecule has 22 heavy (non-hydrogen) atoms. The van der Waals surface area contributed by atoms with E-state index in [-0.39, 0.29) is 0 Å². The first-order valence-corrected chi connectivity index (χ1v) is 8.43. The van der Waals surface area contributed by atoms with Crippen LogP contribution in [-0.2, 0) is 0 Å². The molecule has 0 aliphatic carbocycles. The summed E-state index contributed by atoms with van der Waals surface area (Å²) in [6.07, 6.45) is 2.48. The molecule has 0 saturated heterocycles. The third kappa shape index (κ3) is 4.62. The zero-order chi connectivity index (χ0) is 15.9. The Morgan fingerprint density at radius 1 is 0.818 bits per heavy atom. The summed E-state index contributed by atoms with van der Waals surface area (Å²) < 4.78 is 5.94. The predicted octanol–water partition coefficient (Wildman–Crippen LogP) is 6.65. The van der Waals surface area contributed by atoms with Crippen molar-refractivity contribution in [3.8, 4) is 11.5 Å². The topological polar surface area (TPSA) is 9.23 Å². The predicted molar refractivity (Wildman–Crippen MR) is 94.6 cm³/mol. The first-order chi connectivity index (χ1) is 10.6. The van der Waals surface area contributed by atoms with Crippen LogP contribution in [0.1, 0.15) is 52.0 Å². The SMILES string of the molecule is CCC(C)C(C)CC(C)c1cccc(Oc2ccccc2)c1. The van der Waals surface area contributed by atoms with E-state index in [9.17, 15) is 0 Å². The van der Waals surface area contributed by atoms with Crippen LogP contribution in [0.15, 0.2) is 54.6 Å². The first kappa shape index (κ1) is 16.6. The molecule has 0 spiro atoms. The molecule has 0 heterocycles. The molecule has 0 bridgehead atoms. The van der Waals surface area contributed by atoms with Crippen LogP contribution in [0.4, 0.5) is 0 Å². The second-order valence-corrected chi connectivity index (χ2v) is 6.49. The number of hydrogen-bond acceptors (Lipinski definition) is 1. The van der Waals surface area contributed by atoms with E-state index in [0.717, 1.165) is 23.3 Å². The summed E-state index contributed by atoms with van der Waals surface area (Å²) in [5.74, 6) is 3.90. The van der Waals surface area contributed by atoms with Gasteiger partial charge in [-0.25, -0.2) is 0 Å². The largest absolute Gasteiger partial charge is 0.457 e. The molecule has 1 nitrogen and oxygen atoms in total. The highest BCUT2D eigenvalue weighted by Gasteiger charge is 2.15. The van der Waals surface area contributed by atoms with Crippen molar-refractivity contribution in [1.29, 1.82) is 0 Å². The van der Waals surface area contributed by atoms with Gasteiger partial charge in [-0.15, -0.1) is 0 Å². The third-order valence-corrected chi connectivity index (χ3v) is 4.75. The number of rotatable bonds is 7. The van der Waals surface area contributed by atoms with Crippen LogP contribution < -0.4 is 4.74 Å². The number of ether oxygens (including phenoxy) is 1. The van der Waals surface area contributed by atoms with Crippen molar-refractivity contribution in [1.82, 2.24) is 0 Å². The van der Waals surface area contributed by atoms with Crippen LogP contribution in [0.2, 0.25) is 0 Å². The van der Waals surface area contributed by atoms with Crippen molar-refractivity contribution < 1.29 is 4.74 Å². The minimum Gasteiger partial charge on any atom is -0.457 e. The van der Waals surface area contributed by atoms with E-state index in [1.165, 1.54) is 18.4 Å². The van der Waals surface area contributed by atoms with Gasteiger partial charge in [0, 0.05) is 0 Å². The molecule has 118 valence electrons. The maximum absolute atomic E-state index is 5.94. The molecule has 0 N–H and O–H groups in total. The number of hydrogen-bond donors (Lipinski definition) is 0. The molecule has 3 unspecified atom stereocenters. The van der Waals surface area contributed by atoms with Gasteiger partial charge in [-0.1, -0.05) is 64.4 Å². The Labute approximate surface area is 135 Å². The van der Waals surface area contributed by atoms with E-state index in [4.69, 9.17) is 4.74 Å². The van der Waals surface area contributed by atoms with Crippen molar-refractivity contribution >= 4 is 0 Å². The van der Waals surface area contributed by atoms with E-state index in [1.54, 1.807) is 0 Å². The third-order valence-electron chi connectivity index (χ3n) is 4.75. The molecule has 0 fully saturated rings. The van der Waals surface area contributed by atoms with Gasteiger partial charge in [0.1, 0.15) is 11.5 Å². The summed E-state index contributed by atoms with van der Waals surface area (Å²) in [5.41, 5.74) is 1.36. The second kappa shape index (κ2) is 8.03. The quantitative estimate of drug-likeness (QED) is 0.555. The fraction of sp³-hybridized carbons (Fsp3) is 0.429. The number of benzene rings is 2. The maximum Gasteiger partial charge on any atom is 0.127 e. The van der Waals surface area contributed by atoms with Crippen molar-refractivity contribution in [3.63, 3.8) is 0 Å². The van der Waals surface area contributed by atoms with Crippen molar-refractivity contribution in [3.05, 3.63) is 60.2 Å². The lowest BCUT2D eigenvalue weighted by molar-refractivity contribution is 0.336. The van der Waals surface area contributed by atoms with Crippen LogP contribution >= 0.6 is 0 Å². The molecule has 0 radical (unpaired) electrons. The molecule has 0 saturated carbocycles. The smallest absolute Gasteiger partial charge is 0.127 e. The lowest BCUT2D eigenvalue weighted by atomic mass is 9.83. The summed E-state index contributed by atoms with van der Waals surface area (Å²) in [4.78, 5) is 0. The monoisotopic (exact) mass is 296 g/mol. The van der Waals surface area contributed by atoms with Crippen molar-refractivity contribution in [2.24, 2.45) is 11.8 Å². The standard InChI is InChI=1S/C21H28O/c1-5-16(2)17(3)14-18(4)19-10-9-13-21(15-19)22-20-11-7-6-8-12-20/h6-13,15-18H,5,14H2,1-4H3. The van der Waals surface area contributed by atoms with E-state index < -0.39 is 0 Å². The van der Waals surface area contributed by atoms with Gasteiger partial charge in [-0.05, 0) is 54.0 Å². The van der Waals surface area contributed by atoms with Crippen molar-refractivity contribution in [2.75, 3.05) is 0 Å². The molecule has 0 amide bonds. The van der Waals surface area contributed by atoms with Gasteiger partial charge in [-0.3, -0.25) is 0 Å². The zero-order valence-electron chi connectivity index (χ0n) is 14.3. The molecule has 2 rings (SSSR count). The van der Waals surface area contributed by atoms with Crippen LogP contribution in [0.25, 0.3) is 0 Å². The summed E-state index contributed by atoms with van der Waals surface area (Å²) >= 11 is 0. The van der Waals surface area contributed by atoms with Gasteiger partial charge in [0.15, 0.2) is 0 Å². The Hall–Kier alpha value is -1.76. The van der Waals surface area contributed by atoms with Gasteiger partial charge in [0.2, 0.25) is 0 Å². The van der Waals surface area contributed by atoms with E-state index in [1.807, 2.05) is 36.4 Å². The zero-order valence-corrected chi connectivity index (χ0v) is 14.3. The van der Waals surface area contributed by atoms with E-state index in [0.29, 0.717) is 5.92 Å². The summed E-state index contributed by atoms with van der Waals surface area (Å²) in [5, 5.41) is 0. The molecule has 2 aromatic rings. The highest BCUT2D eigenvalue weighted by atomic mass is 16.5. The van der Waals surface area contributed by atoms with Crippen LogP contribution in [0.3, 0.4) is 0 Å². The molecule has 3 atom stereocenters. The highest BCUT2D eigenvalue weighted by molar-refractivity contribution is 5.35. The molecule has 1 heteroatoms. The van der Waals surface area contributed by atoms with Gasteiger partial charge < -0.3 is 4.74 Å². The normalized spacial score (nSPS) is 15.1. The minimum absolute atomic E-state index is 0.559. The molecule has 0 aliphatic rings. The van der Waals surface area contributed by atoms with Gasteiger partial charge in [0.05, 0.1) is 0 Å². The molecular formula is C21H28O.